The van der Waals surface area contributed by atoms with E-state index in [0.29, 0.717) is 6.07 Å². The molecule has 0 aliphatic rings. The number of hydrogen-bond acceptors (Lipinski definition) is 3. The van der Waals surface area contributed by atoms with Crippen molar-refractivity contribution in [3.8, 4) is 5.75 Å². The predicted molar refractivity (Wildman–Crippen MR) is 46.3 cm³/mol. The topological polar surface area (TPSA) is 52.3 Å². The van der Waals surface area contributed by atoms with Gasteiger partial charge in [-0.2, -0.15) is 0 Å². The van der Waals surface area contributed by atoms with Crippen molar-refractivity contribution in [2.24, 2.45) is 5.73 Å². The third-order valence-electron chi connectivity index (χ3n) is 1.70. The van der Waals surface area contributed by atoms with Crippen LogP contribution < -0.4 is 10.5 Å². The van der Waals surface area contributed by atoms with E-state index >= 15 is 0 Å². The van der Waals surface area contributed by atoms with Gasteiger partial charge in [-0.25, -0.2) is 8.78 Å². The van der Waals surface area contributed by atoms with Gasteiger partial charge in [0.15, 0.2) is 17.3 Å². The van der Waals surface area contributed by atoms with Gasteiger partial charge in [-0.15, -0.1) is 0 Å². The number of ether oxygens (including phenoxy) is 1. The molecule has 1 rings (SSSR count). The summed E-state index contributed by atoms with van der Waals surface area (Å²) in [6, 6.07) is 1.54. The molecule has 0 aliphatic carbocycles. The Morgan fingerprint density at radius 3 is 2.64 bits per heavy atom. The molecule has 1 aromatic carbocycles. The summed E-state index contributed by atoms with van der Waals surface area (Å²) in [5.74, 6) is -2.59. The van der Waals surface area contributed by atoms with Gasteiger partial charge in [0.05, 0.1) is 19.2 Å². The summed E-state index contributed by atoms with van der Waals surface area (Å²) < 4.78 is 30.4. The summed E-state index contributed by atoms with van der Waals surface area (Å²) in [6.45, 7) is -0.320. The SMILES string of the molecule is COc1c(F)cc(F)cc1C(=O)CN. The highest BCUT2D eigenvalue weighted by Gasteiger charge is 2.16. The predicted octanol–water partition coefficient (Wildman–Crippen LogP) is 1.11. The fraction of sp³-hybridized carbons (Fsp3) is 0.222. The zero-order valence-corrected chi connectivity index (χ0v) is 7.51. The van der Waals surface area contributed by atoms with Crippen LogP contribution in [0.2, 0.25) is 0 Å². The van der Waals surface area contributed by atoms with Gasteiger partial charge in [0, 0.05) is 6.07 Å². The number of benzene rings is 1. The van der Waals surface area contributed by atoms with Crippen LogP contribution in [0.4, 0.5) is 8.78 Å². The van der Waals surface area contributed by atoms with E-state index < -0.39 is 17.4 Å². The van der Waals surface area contributed by atoms with E-state index in [1.54, 1.807) is 0 Å². The van der Waals surface area contributed by atoms with Gasteiger partial charge in [0.2, 0.25) is 0 Å². The van der Waals surface area contributed by atoms with Crippen LogP contribution in [0.1, 0.15) is 10.4 Å². The molecule has 0 amide bonds. The highest BCUT2D eigenvalue weighted by molar-refractivity contribution is 6.00. The lowest BCUT2D eigenvalue weighted by molar-refractivity contribution is 0.0997. The van der Waals surface area contributed by atoms with Crippen molar-refractivity contribution >= 4 is 5.78 Å². The minimum atomic E-state index is -0.913. The van der Waals surface area contributed by atoms with Crippen molar-refractivity contribution in [1.82, 2.24) is 0 Å². The molecule has 0 aliphatic heterocycles. The standard InChI is InChI=1S/C9H9F2NO2/c1-14-9-6(8(13)4-12)2-5(10)3-7(9)11/h2-3H,4,12H2,1H3. The maximum Gasteiger partial charge on any atom is 0.180 e. The van der Waals surface area contributed by atoms with Crippen LogP contribution in [-0.2, 0) is 0 Å². The van der Waals surface area contributed by atoms with Crippen molar-refractivity contribution in [3.63, 3.8) is 0 Å². The molecule has 14 heavy (non-hydrogen) atoms. The van der Waals surface area contributed by atoms with Crippen LogP contribution in [0.15, 0.2) is 12.1 Å². The third-order valence-corrected chi connectivity index (χ3v) is 1.70. The average Bonchev–Trinajstić information content (AvgIpc) is 2.15. The third kappa shape index (κ3) is 1.88. The van der Waals surface area contributed by atoms with Crippen molar-refractivity contribution in [3.05, 3.63) is 29.3 Å². The van der Waals surface area contributed by atoms with E-state index in [9.17, 15) is 13.6 Å². The Morgan fingerprint density at radius 2 is 2.14 bits per heavy atom. The molecule has 5 heteroatoms. The Labute approximate surface area is 79.5 Å². The Balaban J connectivity index is 3.32. The molecule has 0 fully saturated rings. The first-order chi connectivity index (χ1) is 6.60. The van der Waals surface area contributed by atoms with E-state index in [4.69, 9.17) is 5.73 Å². The first-order valence-electron chi connectivity index (χ1n) is 3.86. The van der Waals surface area contributed by atoms with Crippen molar-refractivity contribution in [1.29, 1.82) is 0 Å². The van der Waals surface area contributed by atoms with Gasteiger partial charge in [-0.1, -0.05) is 0 Å². The van der Waals surface area contributed by atoms with E-state index in [1.165, 1.54) is 7.11 Å². The smallest absolute Gasteiger partial charge is 0.180 e. The van der Waals surface area contributed by atoms with Crippen LogP contribution in [0.25, 0.3) is 0 Å². The molecule has 3 nitrogen and oxygen atoms in total. The molecule has 0 spiro atoms. The molecular formula is C9H9F2NO2. The normalized spacial score (nSPS) is 10.0. The largest absolute Gasteiger partial charge is 0.493 e. The summed E-state index contributed by atoms with van der Waals surface area (Å²) in [5.41, 5.74) is 4.90. The number of ketones is 1. The zero-order valence-electron chi connectivity index (χ0n) is 7.51. The quantitative estimate of drug-likeness (QED) is 0.745. The number of rotatable bonds is 3. The maximum atomic E-state index is 13.0. The molecule has 0 saturated carbocycles. The van der Waals surface area contributed by atoms with E-state index in [1.807, 2.05) is 0 Å². The number of methoxy groups -OCH3 is 1. The van der Waals surface area contributed by atoms with Crippen molar-refractivity contribution in [2.75, 3.05) is 13.7 Å². The fourth-order valence-corrected chi connectivity index (χ4v) is 1.08. The van der Waals surface area contributed by atoms with Gasteiger partial charge in [-0.3, -0.25) is 4.79 Å². The van der Waals surface area contributed by atoms with Crippen LogP contribution in [0, 0.1) is 11.6 Å². The van der Waals surface area contributed by atoms with Crippen LogP contribution in [0.3, 0.4) is 0 Å². The first-order valence-corrected chi connectivity index (χ1v) is 3.86. The van der Waals surface area contributed by atoms with Gasteiger partial charge in [0.25, 0.3) is 0 Å². The molecule has 0 radical (unpaired) electrons. The van der Waals surface area contributed by atoms with E-state index in [0.717, 1.165) is 6.07 Å². The number of carbonyl (C=O) groups excluding carboxylic acids is 1. The summed E-state index contributed by atoms with van der Waals surface area (Å²) in [6.07, 6.45) is 0. The lowest BCUT2D eigenvalue weighted by Crippen LogP contribution is -2.15. The summed E-state index contributed by atoms with van der Waals surface area (Å²) >= 11 is 0. The Hall–Kier alpha value is -1.49. The second-order valence-corrected chi connectivity index (χ2v) is 2.60. The molecule has 0 atom stereocenters. The lowest BCUT2D eigenvalue weighted by atomic mass is 10.1. The first kappa shape index (κ1) is 10.6. The molecular weight excluding hydrogens is 192 g/mol. The zero-order chi connectivity index (χ0) is 10.7. The minimum Gasteiger partial charge on any atom is -0.493 e. The van der Waals surface area contributed by atoms with Crippen molar-refractivity contribution in [2.45, 2.75) is 0 Å². The molecule has 0 heterocycles. The highest BCUT2D eigenvalue weighted by Crippen LogP contribution is 2.23. The summed E-state index contributed by atoms with van der Waals surface area (Å²) in [7, 11) is 1.20. The molecule has 0 saturated heterocycles. The van der Waals surface area contributed by atoms with Gasteiger partial charge in [0.1, 0.15) is 5.82 Å². The second-order valence-electron chi connectivity index (χ2n) is 2.60. The number of Topliss-reactive ketones (excluding diaryl/α,β-unsaturated/α-hetero) is 1. The second kappa shape index (κ2) is 4.15. The monoisotopic (exact) mass is 201 g/mol. The van der Waals surface area contributed by atoms with Gasteiger partial charge < -0.3 is 10.5 Å². The lowest BCUT2D eigenvalue weighted by Gasteiger charge is -2.07. The molecule has 0 aromatic heterocycles. The minimum absolute atomic E-state index is 0.174. The average molecular weight is 201 g/mol. The summed E-state index contributed by atoms with van der Waals surface area (Å²) in [4.78, 5) is 11.2. The van der Waals surface area contributed by atoms with Crippen molar-refractivity contribution < 1.29 is 18.3 Å². The molecule has 0 bridgehead atoms. The van der Waals surface area contributed by atoms with E-state index in [2.05, 4.69) is 4.74 Å². The Kier molecular flexibility index (Phi) is 3.14. The van der Waals surface area contributed by atoms with Crippen LogP contribution in [-0.4, -0.2) is 19.4 Å². The molecule has 2 N–H and O–H groups in total. The molecule has 76 valence electrons. The number of carbonyl (C=O) groups is 1. The number of halogens is 2. The number of nitrogens with two attached hydrogens (primary N) is 1. The molecule has 0 unspecified atom stereocenters. The Morgan fingerprint density at radius 1 is 1.50 bits per heavy atom. The maximum absolute atomic E-state index is 13.0. The highest BCUT2D eigenvalue weighted by atomic mass is 19.1. The van der Waals surface area contributed by atoms with Crippen LogP contribution in [0.5, 0.6) is 5.75 Å². The van der Waals surface area contributed by atoms with E-state index in [-0.39, 0.29) is 17.9 Å². The summed E-state index contributed by atoms with van der Waals surface area (Å²) in [5, 5.41) is 0. The van der Waals surface area contributed by atoms with Crippen LogP contribution >= 0.6 is 0 Å². The Bertz CT molecular complexity index is 366. The molecule has 1 aromatic rings. The number of hydrogen-bond donors (Lipinski definition) is 1. The van der Waals surface area contributed by atoms with Gasteiger partial charge >= 0.3 is 0 Å². The van der Waals surface area contributed by atoms with Gasteiger partial charge in [-0.05, 0) is 6.07 Å². The fourth-order valence-electron chi connectivity index (χ4n) is 1.08.